The summed E-state index contributed by atoms with van der Waals surface area (Å²) in [6.07, 6.45) is -3.92. The summed E-state index contributed by atoms with van der Waals surface area (Å²) in [5.74, 6) is -1.20. The van der Waals surface area contributed by atoms with Crippen LogP contribution in [0.15, 0.2) is 48.5 Å². The van der Waals surface area contributed by atoms with E-state index in [0.29, 0.717) is 13.0 Å². The molecule has 30 heavy (non-hydrogen) atoms. The predicted octanol–water partition coefficient (Wildman–Crippen LogP) is 3.06. The Hall–Kier alpha value is -3.36. The number of fused-ring (bicyclic) bond motifs is 1. The highest BCUT2D eigenvalue weighted by atomic mass is 19.4. The maximum Gasteiger partial charge on any atom is 0.416 e. The third-order valence-corrected chi connectivity index (χ3v) is 5.52. The van der Waals surface area contributed by atoms with E-state index in [4.69, 9.17) is 0 Å². The van der Waals surface area contributed by atoms with Gasteiger partial charge in [-0.15, -0.1) is 0 Å². The van der Waals surface area contributed by atoms with Gasteiger partial charge in [-0.1, -0.05) is 30.3 Å². The molecule has 0 saturated carbocycles. The Labute approximate surface area is 170 Å². The first-order chi connectivity index (χ1) is 14.1. The molecule has 2 heterocycles. The van der Waals surface area contributed by atoms with E-state index in [1.54, 1.807) is 12.1 Å². The Morgan fingerprint density at radius 1 is 1.13 bits per heavy atom. The van der Waals surface area contributed by atoms with Crippen LogP contribution in [0.2, 0.25) is 0 Å². The predicted molar refractivity (Wildman–Crippen MR) is 102 cm³/mol. The smallest absolute Gasteiger partial charge is 0.319 e. The lowest BCUT2D eigenvalue weighted by molar-refractivity contribution is -0.138. The Morgan fingerprint density at radius 3 is 2.60 bits per heavy atom. The average Bonchev–Trinajstić information content (AvgIpc) is 3.23. The molecule has 2 aromatic carbocycles. The van der Waals surface area contributed by atoms with Crippen LogP contribution in [-0.4, -0.2) is 35.8 Å². The fraction of sp³-hybridized carbons (Fsp3) is 0.286. The molecule has 2 aliphatic heterocycles. The first kappa shape index (κ1) is 19.9. The number of alkyl halides is 3. The van der Waals surface area contributed by atoms with Gasteiger partial charge in [0.25, 0.3) is 5.91 Å². The van der Waals surface area contributed by atoms with Crippen molar-refractivity contribution < 1.29 is 27.6 Å². The van der Waals surface area contributed by atoms with Crippen LogP contribution in [0.25, 0.3) is 0 Å². The van der Waals surface area contributed by atoms with Gasteiger partial charge in [-0.3, -0.25) is 14.5 Å². The number of rotatable bonds is 3. The molecule has 0 spiro atoms. The van der Waals surface area contributed by atoms with E-state index in [-0.39, 0.29) is 5.56 Å². The van der Waals surface area contributed by atoms with Crippen LogP contribution in [0.1, 0.15) is 23.6 Å². The Kier molecular flexibility index (Phi) is 4.56. The van der Waals surface area contributed by atoms with E-state index < -0.39 is 41.7 Å². The molecule has 1 unspecified atom stereocenters. The molecule has 2 aliphatic rings. The van der Waals surface area contributed by atoms with Crippen LogP contribution in [0.5, 0.6) is 0 Å². The number of nitrogens with zero attached hydrogens (tertiary/aromatic N) is 2. The largest absolute Gasteiger partial charge is 0.416 e. The SMILES string of the molecule is CC1(c2cccc(C(F)(F)F)c2)NC(=O)N(CC(=O)N2CCc3ccccc32)C1=O. The number of para-hydroxylation sites is 1. The van der Waals surface area contributed by atoms with Gasteiger partial charge in [0, 0.05) is 12.2 Å². The van der Waals surface area contributed by atoms with E-state index in [1.807, 2.05) is 12.1 Å². The number of benzene rings is 2. The van der Waals surface area contributed by atoms with Crippen molar-refractivity contribution in [3.8, 4) is 0 Å². The molecule has 4 rings (SSSR count). The van der Waals surface area contributed by atoms with Gasteiger partial charge in [0.1, 0.15) is 12.1 Å². The standard InChI is InChI=1S/C21H18F3N3O3/c1-20(14-6-4-7-15(11-14)21(22,23)24)18(29)27(19(30)25-20)12-17(28)26-10-9-13-5-2-3-8-16(13)26/h2-8,11H,9-10,12H2,1H3,(H,25,30). The fourth-order valence-electron chi connectivity index (χ4n) is 3.86. The monoisotopic (exact) mass is 417 g/mol. The second-order valence-corrected chi connectivity index (χ2v) is 7.45. The first-order valence-corrected chi connectivity index (χ1v) is 9.31. The molecule has 156 valence electrons. The lowest BCUT2D eigenvalue weighted by Gasteiger charge is -2.24. The average molecular weight is 417 g/mol. The zero-order valence-electron chi connectivity index (χ0n) is 16.0. The highest BCUT2D eigenvalue weighted by molar-refractivity contribution is 6.10. The molecule has 1 atom stereocenters. The van der Waals surface area contributed by atoms with Gasteiger partial charge < -0.3 is 10.2 Å². The molecule has 0 radical (unpaired) electrons. The zero-order valence-corrected chi connectivity index (χ0v) is 16.0. The summed E-state index contributed by atoms with van der Waals surface area (Å²) in [6, 6.07) is 10.8. The number of halogens is 3. The second kappa shape index (κ2) is 6.86. The van der Waals surface area contributed by atoms with E-state index in [1.165, 1.54) is 24.0 Å². The van der Waals surface area contributed by atoms with Crippen LogP contribution >= 0.6 is 0 Å². The van der Waals surface area contributed by atoms with Crippen molar-refractivity contribution in [3.05, 3.63) is 65.2 Å². The Balaban J connectivity index is 1.57. The number of anilines is 1. The molecule has 0 aliphatic carbocycles. The first-order valence-electron chi connectivity index (χ1n) is 9.31. The molecule has 2 aromatic rings. The van der Waals surface area contributed by atoms with Crippen LogP contribution in [-0.2, 0) is 27.7 Å². The van der Waals surface area contributed by atoms with Gasteiger partial charge in [-0.05, 0) is 42.7 Å². The van der Waals surface area contributed by atoms with Crippen LogP contribution in [0, 0.1) is 0 Å². The lowest BCUT2D eigenvalue weighted by Crippen LogP contribution is -2.44. The van der Waals surface area contributed by atoms with Crippen LogP contribution in [0.3, 0.4) is 0 Å². The Morgan fingerprint density at radius 2 is 1.87 bits per heavy atom. The molecule has 9 heteroatoms. The molecule has 6 nitrogen and oxygen atoms in total. The number of urea groups is 1. The number of hydrogen-bond donors (Lipinski definition) is 1. The minimum Gasteiger partial charge on any atom is -0.319 e. The van der Waals surface area contributed by atoms with Gasteiger partial charge in [0.05, 0.1) is 5.56 Å². The summed E-state index contributed by atoms with van der Waals surface area (Å²) in [5, 5.41) is 2.44. The van der Waals surface area contributed by atoms with E-state index in [2.05, 4.69) is 5.32 Å². The van der Waals surface area contributed by atoms with Crippen molar-refractivity contribution in [2.75, 3.05) is 18.0 Å². The van der Waals surface area contributed by atoms with Crippen molar-refractivity contribution in [1.82, 2.24) is 10.2 Å². The van der Waals surface area contributed by atoms with Gasteiger partial charge in [0.2, 0.25) is 5.91 Å². The maximum absolute atomic E-state index is 13.1. The number of amides is 4. The molecular formula is C21H18F3N3O3. The summed E-state index contributed by atoms with van der Waals surface area (Å²) < 4.78 is 39.2. The molecule has 0 bridgehead atoms. The normalized spacial score (nSPS) is 21.1. The van der Waals surface area contributed by atoms with Crippen molar-refractivity contribution in [1.29, 1.82) is 0 Å². The number of hydrogen-bond acceptors (Lipinski definition) is 3. The third-order valence-electron chi connectivity index (χ3n) is 5.52. The summed E-state index contributed by atoms with van der Waals surface area (Å²) in [5.41, 5.74) is -0.891. The van der Waals surface area contributed by atoms with E-state index in [9.17, 15) is 27.6 Å². The fourth-order valence-corrected chi connectivity index (χ4v) is 3.86. The maximum atomic E-state index is 13.1. The lowest BCUT2D eigenvalue weighted by atomic mass is 9.90. The molecule has 0 aromatic heterocycles. The van der Waals surface area contributed by atoms with Gasteiger partial charge in [0.15, 0.2) is 0 Å². The number of carbonyl (C=O) groups is 3. The van der Waals surface area contributed by atoms with E-state index >= 15 is 0 Å². The molecule has 1 saturated heterocycles. The third kappa shape index (κ3) is 3.20. The van der Waals surface area contributed by atoms with Crippen molar-refractivity contribution in [2.24, 2.45) is 0 Å². The summed E-state index contributed by atoms with van der Waals surface area (Å²) in [6.45, 7) is 1.28. The number of nitrogens with one attached hydrogen (secondary N) is 1. The van der Waals surface area contributed by atoms with Crippen molar-refractivity contribution >= 4 is 23.5 Å². The quantitative estimate of drug-likeness (QED) is 0.781. The molecule has 1 N–H and O–H groups in total. The van der Waals surface area contributed by atoms with Crippen molar-refractivity contribution in [2.45, 2.75) is 25.1 Å². The highest BCUT2D eigenvalue weighted by Gasteiger charge is 2.50. The zero-order chi connectivity index (χ0) is 21.7. The highest BCUT2D eigenvalue weighted by Crippen LogP contribution is 2.35. The summed E-state index contributed by atoms with van der Waals surface area (Å²) in [4.78, 5) is 40.5. The van der Waals surface area contributed by atoms with Gasteiger partial charge >= 0.3 is 12.2 Å². The van der Waals surface area contributed by atoms with Crippen LogP contribution in [0.4, 0.5) is 23.7 Å². The molecule has 1 fully saturated rings. The van der Waals surface area contributed by atoms with Gasteiger partial charge in [-0.25, -0.2) is 4.79 Å². The Bertz CT molecular complexity index is 1050. The summed E-state index contributed by atoms with van der Waals surface area (Å²) >= 11 is 0. The summed E-state index contributed by atoms with van der Waals surface area (Å²) in [7, 11) is 0. The minimum absolute atomic E-state index is 0.00265. The minimum atomic E-state index is -4.59. The number of carbonyl (C=O) groups excluding carboxylic acids is 3. The number of imide groups is 1. The van der Waals surface area contributed by atoms with Crippen molar-refractivity contribution in [3.63, 3.8) is 0 Å². The van der Waals surface area contributed by atoms with Gasteiger partial charge in [-0.2, -0.15) is 13.2 Å². The molecule has 4 amide bonds. The van der Waals surface area contributed by atoms with Crippen LogP contribution < -0.4 is 10.2 Å². The van der Waals surface area contributed by atoms with E-state index in [0.717, 1.165) is 28.3 Å². The second-order valence-electron chi connectivity index (χ2n) is 7.45. The molecular weight excluding hydrogens is 399 g/mol. The topological polar surface area (TPSA) is 69.7 Å².